The van der Waals surface area contributed by atoms with E-state index in [1.807, 2.05) is 36.9 Å². The fraction of sp³-hybridized carbons (Fsp3) is 0.609. The van der Waals surface area contributed by atoms with Crippen LogP contribution < -0.4 is 10.2 Å². The lowest BCUT2D eigenvalue weighted by Crippen LogP contribution is -2.51. The van der Waals surface area contributed by atoms with Gasteiger partial charge >= 0.3 is 0 Å². The SMILES string of the molecule is CC(C)C(=O)NC1CCCN(C(=O)C2CC(=O)N(c3cccc(C(C)C)c3)C2)C1. The first-order valence-electron chi connectivity index (χ1n) is 10.8. The maximum atomic E-state index is 13.1. The quantitative estimate of drug-likeness (QED) is 0.828. The number of nitrogens with zero attached hydrogens (tertiary/aromatic N) is 2. The molecule has 2 aliphatic heterocycles. The van der Waals surface area contributed by atoms with Gasteiger partial charge in [-0.15, -0.1) is 0 Å². The summed E-state index contributed by atoms with van der Waals surface area (Å²) in [4.78, 5) is 41.3. The molecule has 6 nitrogen and oxygen atoms in total. The summed E-state index contributed by atoms with van der Waals surface area (Å²) in [5.74, 6) is 0.0664. The first kappa shape index (κ1) is 21.3. The van der Waals surface area contributed by atoms with Gasteiger partial charge in [-0.2, -0.15) is 0 Å². The van der Waals surface area contributed by atoms with E-state index in [0.717, 1.165) is 18.5 Å². The zero-order valence-electron chi connectivity index (χ0n) is 18.0. The van der Waals surface area contributed by atoms with Crippen LogP contribution in [-0.4, -0.2) is 48.3 Å². The van der Waals surface area contributed by atoms with E-state index in [4.69, 9.17) is 0 Å². The van der Waals surface area contributed by atoms with E-state index in [1.165, 1.54) is 5.56 Å². The minimum Gasteiger partial charge on any atom is -0.351 e. The largest absolute Gasteiger partial charge is 0.351 e. The number of anilines is 1. The van der Waals surface area contributed by atoms with Gasteiger partial charge in [0.15, 0.2) is 0 Å². The Labute approximate surface area is 173 Å². The van der Waals surface area contributed by atoms with Crippen molar-refractivity contribution in [3.05, 3.63) is 29.8 Å². The molecule has 0 radical (unpaired) electrons. The molecule has 0 spiro atoms. The van der Waals surface area contributed by atoms with Crippen LogP contribution in [0.4, 0.5) is 5.69 Å². The normalized spacial score (nSPS) is 22.5. The van der Waals surface area contributed by atoms with E-state index in [0.29, 0.717) is 25.6 Å². The number of carbonyl (C=O) groups is 3. The van der Waals surface area contributed by atoms with Crippen LogP contribution in [-0.2, 0) is 14.4 Å². The highest BCUT2D eigenvalue weighted by atomic mass is 16.2. The van der Waals surface area contributed by atoms with Crippen molar-refractivity contribution in [2.75, 3.05) is 24.5 Å². The second-order valence-electron chi connectivity index (χ2n) is 8.94. The van der Waals surface area contributed by atoms with Crippen molar-refractivity contribution in [2.24, 2.45) is 11.8 Å². The standard InChI is InChI=1S/C23H33N3O3/c1-15(2)17-7-5-9-20(11-17)26-13-18(12-21(26)27)23(29)25-10-6-8-19(14-25)24-22(28)16(3)4/h5,7,9,11,15-16,18-19H,6,8,10,12-14H2,1-4H3,(H,24,28). The smallest absolute Gasteiger partial charge is 0.228 e. The Bertz CT molecular complexity index is 774. The Balaban J connectivity index is 1.64. The molecule has 2 unspecified atom stereocenters. The molecule has 1 N–H and O–H groups in total. The van der Waals surface area contributed by atoms with Crippen molar-refractivity contribution < 1.29 is 14.4 Å². The summed E-state index contributed by atoms with van der Waals surface area (Å²) in [5.41, 5.74) is 2.06. The number of hydrogen-bond donors (Lipinski definition) is 1. The summed E-state index contributed by atoms with van der Waals surface area (Å²) < 4.78 is 0. The highest BCUT2D eigenvalue weighted by molar-refractivity contribution is 6.00. The van der Waals surface area contributed by atoms with Crippen molar-refractivity contribution in [1.82, 2.24) is 10.2 Å². The zero-order chi connectivity index (χ0) is 21.1. The lowest BCUT2D eigenvalue weighted by molar-refractivity contribution is -0.138. The number of rotatable bonds is 5. The molecule has 2 atom stereocenters. The fourth-order valence-electron chi connectivity index (χ4n) is 4.10. The number of likely N-dealkylation sites (tertiary alicyclic amines) is 1. The number of hydrogen-bond acceptors (Lipinski definition) is 3. The highest BCUT2D eigenvalue weighted by Gasteiger charge is 2.38. The summed E-state index contributed by atoms with van der Waals surface area (Å²) in [5, 5.41) is 3.04. The van der Waals surface area contributed by atoms with E-state index in [1.54, 1.807) is 4.90 Å². The van der Waals surface area contributed by atoms with Crippen molar-refractivity contribution >= 4 is 23.4 Å². The molecule has 3 rings (SSSR count). The molecule has 0 saturated carbocycles. The first-order valence-corrected chi connectivity index (χ1v) is 10.8. The average molecular weight is 400 g/mol. The summed E-state index contributed by atoms with van der Waals surface area (Å²) >= 11 is 0. The molecule has 1 aromatic carbocycles. The average Bonchev–Trinajstić information content (AvgIpc) is 3.09. The Hall–Kier alpha value is -2.37. The number of benzene rings is 1. The van der Waals surface area contributed by atoms with Gasteiger partial charge in [-0.05, 0) is 36.5 Å². The predicted octanol–water partition coefficient (Wildman–Crippen LogP) is 2.93. The van der Waals surface area contributed by atoms with Gasteiger partial charge in [0.25, 0.3) is 0 Å². The van der Waals surface area contributed by atoms with Crippen LogP contribution in [0.25, 0.3) is 0 Å². The van der Waals surface area contributed by atoms with Crippen LogP contribution in [0.2, 0.25) is 0 Å². The first-order chi connectivity index (χ1) is 13.8. The molecule has 2 heterocycles. The lowest BCUT2D eigenvalue weighted by Gasteiger charge is -2.35. The van der Waals surface area contributed by atoms with Crippen molar-refractivity contribution in [3.63, 3.8) is 0 Å². The molecule has 6 heteroatoms. The maximum Gasteiger partial charge on any atom is 0.228 e. The van der Waals surface area contributed by atoms with Gasteiger partial charge in [0.1, 0.15) is 0 Å². The molecular weight excluding hydrogens is 366 g/mol. The van der Waals surface area contributed by atoms with Crippen LogP contribution in [0.1, 0.15) is 58.4 Å². The third-order valence-corrected chi connectivity index (χ3v) is 5.93. The van der Waals surface area contributed by atoms with Gasteiger partial charge < -0.3 is 15.1 Å². The molecule has 3 amide bonds. The van der Waals surface area contributed by atoms with Crippen LogP contribution in [0.3, 0.4) is 0 Å². The summed E-state index contributed by atoms with van der Waals surface area (Å²) in [7, 11) is 0. The van der Waals surface area contributed by atoms with E-state index < -0.39 is 0 Å². The molecule has 0 aromatic heterocycles. The van der Waals surface area contributed by atoms with Crippen molar-refractivity contribution in [1.29, 1.82) is 0 Å². The molecule has 2 saturated heterocycles. The van der Waals surface area contributed by atoms with E-state index >= 15 is 0 Å². The van der Waals surface area contributed by atoms with Crippen molar-refractivity contribution in [3.8, 4) is 0 Å². The molecule has 0 aliphatic carbocycles. The molecule has 2 fully saturated rings. The highest BCUT2D eigenvalue weighted by Crippen LogP contribution is 2.29. The number of nitrogens with one attached hydrogen (secondary N) is 1. The second-order valence-corrected chi connectivity index (χ2v) is 8.94. The summed E-state index contributed by atoms with van der Waals surface area (Å²) in [6, 6.07) is 8.03. The third kappa shape index (κ3) is 4.98. The number of amides is 3. The zero-order valence-corrected chi connectivity index (χ0v) is 18.0. The van der Waals surface area contributed by atoms with E-state index in [-0.39, 0.29) is 42.0 Å². The van der Waals surface area contributed by atoms with Crippen LogP contribution in [0, 0.1) is 11.8 Å². The number of carbonyl (C=O) groups excluding carboxylic acids is 3. The summed E-state index contributed by atoms with van der Waals surface area (Å²) in [6.45, 7) is 9.65. The van der Waals surface area contributed by atoms with Gasteiger partial charge in [0.2, 0.25) is 17.7 Å². The maximum absolute atomic E-state index is 13.1. The van der Waals surface area contributed by atoms with Gasteiger partial charge in [0, 0.05) is 43.7 Å². The topological polar surface area (TPSA) is 69.7 Å². The van der Waals surface area contributed by atoms with E-state index in [9.17, 15) is 14.4 Å². The van der Waals surface area contributed by atoms with Gasteiger partial charge in [0.05, 0.1) is 5.92 Å². The third-order valence-electron chi connectivity index (χ3n) is 5.93. The van der Waals surface area contributed by atoms with Crippen LogP contribution in [0.5, 0.6) is 0 Å². The second kappa shape index (κ2) is 8.97. The Morgan fingerprint density at radius 3 is 2.59 bits per heavy atom. The van der Waals surface area contributed by atoms with Gasteiger partial charge in [-0.1, -0.05) is 39.8 Å². The monoisotopic (exact) mass is 399 g/mol. The summed E-state index contributed by atoms with van der Waals surface area (Å²) in [6.07, 6.45) is 2.01. The molecule has 29 heavy (non-hydrogen) atoms. The predicted molar refractivity (Wildman–Crippen MR) is 114 cm³/mol. The molecular formula is C23H33N3O3. The van der Waals surface area contributed by atoms with Gasteiger partial charge in [-0.25, -0.2) is 0 Å². The minimum absolute atomic E-state index is 0.00136. The molecule has 1 aromatic rings. The fourth-order valence-corrected chi connectivity index (χ4v) is 4.10. The Morgan fingerprint density at radius 2 is 1.90 bits per heavy atom. The number of piperidine rings is 1. The Kier molecular flexibility index (Phi) is 6.60. The van der Waals surface area contributed by atoms with Gasteiger partial charge in [-0.3, -0.25) is 14.4 Å². The minimum atomic E-state index is -0.315. The van der Waals surface area contributed by atoms with Crippen molar-refractivity contribution in [2.45, 2.75) is 58.9 Å². The molecule has 0 bridgehead atoms. The molecule has 158 valence electrons. The lowest BCUT2D eigenvalue weighted by atomic mass is 10.0. The van der Waals surface area contributed by atoms with E-state index in [2.05, 4.69) is 25.2 Å². The molecule has 2 aliphatic rings. The van der Waals surface area contributed by atoms with Crippen LogP contribution >= 0.6 is 0 Å². The van der Waals surface area contributed by atoms with Crippen LogP contribution in [0.15, 0.2) is 24.3 Å². The Morgan fingerprint density at radius 1 is 1.14 bits per heavy atom.